The number of carbonyl (C=O) groups is 1. The van der Waals surface area contributed by atoms with E-state index in [1.54, 1.807) is 60.1 Å². The molecule has 34 heavy (non-hydrogen) atoms. The first kappa shape index (κ1) is 21.7. The molecule has 0 aliphatic carbocycles. The van der Waals surface area contributed by atoms with Gasteiger partial charge in [0.05, 0.1) is 34.8 Å². The summed E-state index contributed by atoms with van der Waals surface area (Å²) >= 11 is 1.33. The van der Waals surface area contributed by atoms with E-state index in [1.807, 2.05) is 31.2 Å². The van der Waals surface area contributed by atoms with Crippen LogP contribution in [0.2, 0.25) is 0 Å². The molecule has 0 saturated carbocycles. The van der Waals surface area contributed by atoms with Gasteiger partial charge in [0.15, 0.2) is 16.5 Å². The second-order valence-corrected chi connectivity index (χ2v) is 8.40. The highest BCUT2D eigenvalue weighted by molar-refractivity contribution is 7.15. The number of hydrogen-bond donors (Lipinski definition) is 0. The summed E-state index contributed by atoms with van der Waals surface area (Å²) in [5, 5.41) is 0. The number of methoxy groups -OCH3 is 1. The Bertz CT molecular complexity index is 1620. The number of imidazole rings is 1. The van der Waals surface area contributed by atoms with Crippen LogP contribution in [0, 0.1) is 0 Å². The number of hydrogen-bond acceptors (Lipinski definition) is 7. The topological polar surface area (TPSA) is 79.1 Å². The van der Waals surface area contributed by atoms with E-state index in [0.717, 1.165) is 16.6 Å². The highest BCUT2D eigenvalue weighted by Crippen LogP contribution is 2.30. The number of thiazole rings is 1. The minimum atomic E-state index is -0.506. The van der Waals surface area contributed by atoms with Gasteiger partial charge in [-0.25, -0.2) is 14.2 Å². The van der Waals surface area contributed by atoms with Gasteiger partial charge in [-0.3, -0.25) is 4.79 Å². The lowest BCUT2D eigenvalue weighted by atomic mass is 10.2. The van der Waals surface area contributed by atoms with Crippen molar-refractivity contribution >= 4 is 39.4 Å². The van der Waals surface area contributed by atoms with Crippen LogP contribution < -0.4 is 24.3 Å². The van der Waals surface area contributed by atoms with Crippen molar-refractivity contribution in [1.29, 1.82) is 0 Å². The molecule has 0 fully saturated rings. The second-order valence-electron chi connectivity index (χ2n) is 7.39. The summed E-state index contributed by atoms with van der Waals surface area (Å²) in [4.78, 5) is 30.8. The normalized spacial score (nSPS) is 11.8. The van der Waals surface area contributed by atoms with Crippen molar-refractivity contribution in [2.75, 3.05) is 13.7 Å². The molecule has 0 radical (unpaired) electrons. The fourth-order valence-corrected chi connectivity index (χ4v) is 4.60. The minimum Gasteiger partial charge on any atom is -0.497 e. The van der Waals surface area contributed by atoms with Crippen molar-refractivity contribution in [3.8, 4) is 17.2 Å². The van der Waals surface area contributed by atoms with Crippen LogP contribution in [-0.4, -0.2) is 29.1 Å². The molecule has 0 aliphatic rings. The lowest BCUT2D eigenvalue weighted by Crippen LogP contribution is -2.22. The summed E-state index contributed by atoms with van der Waals surface area (Å²) in [5.74, 6) is 0.859. The molecule has 0 N–H and O–H groups in total. The molecule has 0 aliphatic heterocycles. The number of nitrogens with zero attached hydrogens (tertiary/aromatic N) is 2. The van der Waals surface area contributed by atoms with E-state index in [9.17, 15) is 9.59 Å². The standard InChI is InChI=1S/C26H20N2O5S/c1-3-32-22-14-16(8-13-21(22)33-25(30)17-9-11-18(31-2)12-10-17)15-23-24(29)28-20-7-5-4-6-19(20)27-26(28)34-23/h4-15H,3H2,1-2H3. The van der Waals surface area contributed by atoms with Crippen LogP contribution in [0.5, 0.6) is 17.2 Å². The monoisotopic (exact) mass is 472 g/mol. The van der Waals surface area contributed by atoms with Crippen molar-refractivity contribution in [3.63, 3.8) is 0 Å². The molecule has 3 aromatic carbocycles. The molecule has 2 aromatic heterocycles. The molecule has 0 unspecified atom stereocenters. The number of rotatable bonds is 6. The van der Waals surface area contributed by atoms with Crippen LogP contribution in [0.15, 0.2) is 71.5 Å². The number of aromatic nitrogens is 2. The number of para-hydroxylation sites is 2. The fourth-order valence-electron chi connectivity index (χ4n) is 3.62. The molecule has 0 amide bonds. The van der Waals surface area contributed by atoms with Gasteiger partial charge in [0.2, 0.25) is 0 Å². The highest BCUT2D eigenvalue weighted by Gasteiger charge is 2.14. The third kappa shape index (κ3) is 3.99. The number of fused-ring (bicyclic) bond motifs is 3. The van der Waals surface area contributed by atoms with Gasteiger partial charge in [0, 0.05) is 0 Å². The molecule has 5 aromatic rings. The summed E-state index contributed by atoms with van der Waals surface area (Å²) in [6, 6.07) is 19.4. The summed E-state index contributed by atoms with van der Waals surface area (Å²) in [6.45, 7) is 2.24. The van der Waals surface area contributed by atoms with Crippen LogP contribution in [0.25, 0.3) is 22.1 Å². The first-order chi connectivity index (χ1) is 16.6. The Labute approximate surface area is 198 Å². The maximum atomic E-state index is 13.0. The molecule has 0 bridgehead atoms. The molecule has 7 nitrogen and oxygen atoms in total. The summed E-state index contributed by atoms with van der Waals surface area (Å²) in [5.41, 5.74) is 2.59. The van der Waals surface area contributed by atoms with Gasteiger partial charge in [-0.1, -0.05) is 29.5 Å². The van der Waals surface area contributed by atoms with Crippen LogP contribution in [-0.2, 0) is 0 Å². The molecule has 2 heterocycles. The van der Waals surface area contributed by atoms with Crippen molar-refractivity contribution in [3.05, 3.63) is 92.7 Å². The fraction of sp³-hybridized carbons (Fsp3) is 0.115. The van der Waals surface area contributed by atoms with E-state index >= 15 is 0 Å². The van der Waals surface area contributed by atoms with E-state index in [0.29, 0.717) is 38.9 Å². The van der Waals surface area contributed by atoms with Gasteiger partial charge in [-0.05, 0) is 67.1 Å². The number of ether oxygens (including phenoxy) is 3. The Kier molecular flexibility index (Phi) is 5.73. The van der Waals surface area contributed by atoms with Gasteiger partial charge in [-0.15, -0.1) is 0 Å². The van der Waals surface area contributed by atoms with Gasteiger partial charge in [0.25, 0.3) is 5.56 Å². The van der Waals surface area contributed by atoms with Crippen molar-refractivity contribution in [1.82, 2.24) is 9.38 Å². The maximum absolute atomic E-state index is 13.0. The molecule has 5 rings (SSSR count). The second kappa shape index (κ2) is 8.99. The minimum absolute atomic E-state index is 0.123. The Morgan fingerprint density at radius 2 is 1.85 bits per heavy atom. The van der Waals surface area contributed by atoms with Gasteiger partial charge < -0.3 is 14.2 Å². The summed E-state index contributed by atoms with van der Waals surface area (Å²) < 4.78 is 18.6. The Morgan fingerprint density at radius 3 is 2.62 bits per heavy atom. The van der Waals surface area contributed by atoms with E-state index in [1.165, 1.54) is 11.3 Å². The predicted octanol–water partition coefficient (Wildman–Crippen LogP) is 4.08. The molecule has 0 atom stereocenters. The van der Waals surface area contributed by atoms with Crippen molar-refractivity contribution in [2.24, 2.45) is 0 Å². The van der Waals surface area contributed by atoms with E-state index in [4.69, 9.17) is 14.2 Å². The Balaban J connectivity index is 1.48. The summed E-state index contributed by atoms with van der Waals surface area (Å²) in [6.07, 6.45) is 1.79. The molecule has 170 valence electrons. The smallest absolute Gasteiger partial charge is 0.343 e. The zero-order valence-electron chi connectivity index (χ0n) is 18.5. The van der Waals surface area contributed by atoms with Crippen LogP contribution in [0.4, 0.5) is 0 Å². The molecule has 0 spiro atoms. The van der Waals surface area contributed by atoms with Crippen molar-refractivity contribution < 1.29 is 19.0 Å². The molecular formula is C26H20N2O5S. The van der Waals surface area contributed by atoms with Crippen molar-refractivity contribution in [2.45, 2.75) is 6.92 Å². The van der Waals surface area contributed by atoms with Gasteiger partial charge in [-0.2, -0.15) is 0 Å². The number of carbonyl (C=O) groups excluding carboxylic acids is 1. The molecule has 8 heteroatoms. The Hall–Kier alpha value is -4.17. The van der Waals surface area contributed by atoms with E-state index < -0.39 is 5.97 Å². The zero-order valence-corrected chi connectivity index (χ0v) is 19.3. The van der Waals surface area contributed by atoms with E-state index in [2.05, 4.69) is 4.98 Å². The van der Waals surface area contributed by atoms with E-state index in [-0.39, 0.29) is 5.56 Å². The van der Waals surface area contributed by atoms with Gasteiger partial charge in [0.1, 0.15) is 5.75 Å². The largest absolute Gasteiger partial charge is 0.497 e. The zero-order chi connectivity index (χ0) is 23.7. The summed E-state index contributed by atoms with van der Waals surface area (Å²) in [7, 11) is 1.56. The van der Waals surface area contributed by atoms with Crippen LogP contribution in [0.1, 0.15) is 22.8 Å². The third-order valence-corrected chi connectivity index (χ3v) is 6.21. The molecule has 0 saturated heterocycles. The first-order valence-corrected chi connectivity index (χ1v) is 11.4. The van der Waals surface area contributed by atoms with Crippen LogP contribution >= 0.6 is 11.3 Å². The maximum Gasteiger partial charge on any atom is 0.343 e. The Morgan fingerprint density at radius 1 is 1.06 bits per heavy atom. The predicted molar refractivity (Wildman–Crippen MR) is 131 cm³/mol. The average Bonchev–Trinajstić information content (AvgIpc) is 3.36. The molecular weight excluding hydrogens is 452 g/mol. The van der Waals surface area contributed by atoms with Crippen LogP contribution in [0.3, 0.4) is 0 Å². The quantitative estimate of drug-likeness (QED) is 0.274. The number of esters is 1. The average molecular weight is 473 g/mol. The third-order valence-electron chi connectivity index (χ3n) is 5.24. The number of benzene rings is 3. The van der Waals surface area contributed by atoms with Gasteiger partial charge >= 0.3 is 5.97 Å². The highest BCUT2D eigenvalue weighted by atomic mass is 32.1. The lowest BCUT2D eigenvalue weighted by molar-refractivity contribution is 0.0728. The SMILES string of the molecule is CCOc1cc(C=c2sc3nc4ccccc4n3c2=O)ccc1OC(=O)c1ccc(OC)cc1. The lowest BCUT2D eigenvalue weighted by Gasteiger charge is -2.11. The first-order valence-electron chi connectivity index (χ1n) is 10.6.